The number of benzene rings is 2. The molecule has 0 aliphatic rings. The van der Waals surface area contributed by atoms with Crippen LogP contribution < -0.4 is 4.74 Å². The maximum Gasteiger partial charge on any atom is 0.256 e. The molecule has 178 valence electrons. The first-order valence-electron chi connectivity index (χ1n) is 11.4. The van der Waals surface area contributed by atoms with Gasteiger partial charge >= 0.3 is 0 Å². The zero-order valence-electron chi connectivity index (χ0n) is 20.1. The van der Waals surface area contributed by atoms with Crippen molar-refractivity contribution in [1.29, 1.82) is 0 Å². The number of rotatable bonds is 12. The number of amides is 1. The zero-order chi connectivity index (χ0) is 23.8. The molecule has 6 nitrogen and oxygen atoms in total. The van der Waals surface area contributed by atoms with E-state index in [9.17, 15) is 4.79 Å². The van der Waals surface area contributed by atoms with Crippen LogP contribution in [-0.2, 0) is 6.61 Å². The number of para-hydroxylation sites is 1. The predicted octanol–water partition coefficient (Wildman–Crippen LogP) is 4.75. The molecule has 3 rings (SSSR count). The first kappa shape index (κ1) is 25.1. The third kappa shape index (κ3) is 7.22. The van der Waals surface area contributed by atoms with Crippen LogP contribution in [0.4, 0.5) is 0 Å². The Bertz CT molecular complexity index is 1020. The largest absolute Gasteiger partial charge is 0.487 e. The summed E-state index contributed by atoms with van der Waals surface area (Å²) in [7, 11) is 8.24. The summed E-state index contributed by atoms with van der Waals surface area (Å²) in [6, 6.07) is 15.2. The van der Waals surface area contributed by atoms with Crippen LogP contribution in [0.2, 0.25) is 5.02 Å². The number of carbonyl (C=O) groups is 1. The van der Waals surface area contributed by atoms with E-state index in [-0.39, 0.29) is 12.5 Å². The Kier molecular flexibility index (Phi) is 9.18. The second-order valence-corrected chi connectivity index (χ2v) is 9.31. The average molecular weight is 471 g/mol. The molecule has 2 aromatic carbocycles. The summed E-state index contributed by atoms with van der Waals surface area (Å²) in [6.45, 7) is 3.61. The highest BCUT2D eigenvalue weighted by Crippen LogP contribution is 2.26. The fourth-order valence-corrected chi connectivity index (χ4v) is 3.99. The van der Waals surface area contributed by atoms with Crippen LogP contribution in [-0.4, -0.2) is 80.0 Å². The molecule has 0 saturated heterocycles. The van der Waals surface area contributed by atoms with E-state index < -0.39 is 0 Å². The van der Waals surface area contributed by atoms with Crippen molar-refractivity contribution >= 4 is 28.4 Å². The maximum absolute atomic E-state index is 13.9. The van der Waals surface area contributed by atoms with Crippen LogP contribution >= 0.6 is 11.6 Å². The molecule has 1 N–H and O–H groups in total. The predicted molar refractivity (Wildman–Crippen MR) is 136 cm³/mol. The lowest BCUT2D eigenvalue weighted by molar-refractivity contribution is 0.0744. The van der Waals surface area contributed by atoms with Crippen molar-refractivity contribution in [3.63, 3.8) is 0 Å². The molecule has 0 unspecified atom stereocenters. The second kappa shape index (κ2) is 12.1. The smallest absolute Gasteiger partial charge is 0.256 e. The number of hydrogen-bond acceptors (Lipinski definition) is 4. The summed E-state index contributed by atoms with van der Waals surface area (Å²) in [6.07, 6.45) is 1.86. The molecular formula is C26H35ClN4O2. The number of aromatic nitrogens is 1. The van der Waals surface area contributed by atoms with Gasteiger partial charge in [0.25, 0.3) is 5.91 Å². The third-order valence-electron chi connectivity index (χ3n) is 5.55. The number of carbonyl (C=O) groups excluding carboxylic acids is 1. The number of H-pyrrole nitrogens is 1. The Morgan fingerprint density at radius 2 is 1.48 bits per heavy atom. The Hall–Kier alpha value is -2.54. The number of fused-ring (bicyclic) bond motifs is 1. The van der Waals surface area contributed by atoms with Crippen molar-refractivity contribution in [1.82, 2.24) is 19.7 Å². The Balaban J connectivity index is 1.85. The van der Waals surface area contributed by atoms with E-state index in [2.05, 4.69) is 43.0 Å². The van der Waals surface area contributed by atoms with E-state index in [4.69, 9.17) is 16.3 Å². The molecule has 3 aromatic rings. The normalized spacial score (nSPS) is 11.5. The maximum atomic E-state index is 13.9. The highest BCUT2D eigenvalue weighted by Gasteiger charge is 2.23. The number of halogens is 1. The Morgan fingerprint density at radius 3 is 2.09 bits per heavy atom. The van der Waals surface area contributed by atoms with E-state index in [1.165, 1.54) is 0 Å². The first-order chi connectivity index (χ1) is 15.8. The van der Waals surface area contributed by atoms with Gasteiger partial charge in [-0.1, -0.05) is 29.8 Å². The van der Waals surface area contributed by atoms with E-state index in [0.717, 1.165) is 55.6 Å². The van der Waals surface area contributed by atoms with E-state index in [1.54, 1.807) is 12.1 Å². The standard InChI is InChI=1S/C26H35ClN4O2/c1-29(2)15-7-17-31(18-8-16-30(3)4)26(32)25-22-9-5-6-10-23(22)28-24(25)19-33-21-13-11-20(27)12-14-21/h5-6,9-14,28H,7-8,15-19H2,1-4H3. The minimum atomic E-state index is 0.0552. The molecule has 0 bridgehead atoms. The molecule has 1 heterocycles. The zero-order valence-corrected chi connectivity index (χ0v) is 20.9. The lowest BCUT2D eigenvalue weighted by Crippen LogP contribution is -2.36. The van der Waals surface area contributed by atoms with Crippen LogP contribution in [0.3, 0.4) is 0 Å². The molecule has 0 fully saturated rings. The van der Waals surface area contributed by atoms with Gasteiger partial charge in [0.05, 0.1) is 11.3 Å². The monoisotopic (exact) mass is 470 g/mol. The summed E-state index contributed by atoms with van der Waals surface area (Å²) in [5, 5.41) is 1.59. The van der Waals surface area contributed by atoms with Crippen molar-refractivity contribution in [3.8, 4) is 5.75 Å². The van der Waals surface area contributed by atoms with Gasteiger partial charge < -0.3 is 24.4 Å². The third-order valence-corrected chi connectivity index (χ3v) is 5.80. The Labute approximate surface area is 202 Å². The van der Waals surface area contributed by atoms with Gasteiger partial charge in [-0.2, -0.15) is 0 Å². The molecule has 0 spiro atoms. The topological polar surface area (TPSA) is 51.8 Å². The minimum absolute atomic E-state index is 0.0552. The number of nitrogens with zero attached hydrogens (tertiary/aromatic N) is 3. The lowest BCUT2D eigenvalue weighted by Gasteiger charge is -2.25. The molecule has 0 atom stereocenters. The molecule has 1 aromatic heterocycles. The number of nitrogens with one attached hydrogen (secondary N) is 1. The molecule has 0 saturated carbocycles. The number of aromatic amines is 1. The van der Waals surface area contributed by atoms with Crippen molar-refractivity contribution in [3.05, 3.63) is 64.8 Å². The SMILES string of the molecule is CN(C)CCCN(CCCN(C)C)C(=O)c1c(COc2ccc(Cl)cc2)[nH]c2ccccc12. The van der Waals surface area contributed by atoms with Crippen molar-refractivity contribution in [2.75, 3.05) is 54.4 Å². The molecule has 0 radical (unpaired) electrons. The summed E-state index contributed by atoms with van der Waals surface area (Å²) in [4.78, 5) is 23.6. The van der Waals surface area contributed by atoms with Crippen molar-refractivity contribution in [2.45, 2.75) is 19.4 Å². The van der Waals surface area contributed by atoms with Crippen LogP contribution in [0.25, 0.3) is 10.9 Å². The summed E-state index contributed by atoms with van der Waals surface area (Å²) >= 11 is 5.99. The van der Waals surface area contributed by atoms with Crippen LogP contribution in [0.5, 0.6) is 5.75 Å². The van der Waals surface area contributed by atoms with E-state index in [1.807, 2.05) is 41.3 Å². The van der Waals surface area contributed by atoms with Gasteiger partial charge in [0.2, 0.25) is 0 Å². The molecule has 33 heavy (non-hydrogen) atoms. The van der Waals surface area contributed by atoms with Crippen LogP contribution in [0, 0.1) is 0 Å². The molecular weight excluding hydrogens is 436 g/mol. The van der Waals surface area contributed by atoms with E-state index in [0.29, 0.717) is 16.3 Å². The average Bonchev–Trinajstić information content (AvgIpc) is 3.15. The van der Waals surface area contributed by atoms with Gasteiger partial charge in [-0.15, -0.1) is 0 Å². The van der Waals surface area contributed by atoms with Crippen LogP contribution in [0.15, 0.2) is 48.5 Å². The quantitative estimate of drug-likeness (QED) is 0.415. The number of hydrogen-bond donors (Lipinski definition) is 1. The highest BCUT2D eigenvalue weighted by atomic mass is 35.5. The molecule has 1 amide bonds. The summed E-state index contributed by atoms with van der Waals surface area (Å²) in [5.41, 5.74) is 2.44. The van der Waals surface area contributed by atoms with Crippen molar-refractivity contribution < 1.29 is 9.53 Å². The van der Waals surface area contributed by atoms with Gasteiger partial charge in [-0.3, -0.25) is 4.79 Å². The van der Waals surface area contributed by atoms with Gasteiger partial charge in [-0.05, 0) is 84.5 Å². The highest BCUT2D eigenvalue weighted by molar-refractivity contribution is 6.30. The van der Waals surface area contributed by atoms with Gasteiger partial charge in [-0.25, -0.2) is 0 Å². The first-order valence-corrected chi connectivity index (χ1v) is 11.8. The summed E-state index contributed by atoms with van der Waals surface area (Å²) < 4.78 is 6.00. The number of ether oxygens (including phenoxy) is 1. The van der Waals surface area contributed by atoms with E-state index >= 15 is 0 Å². The molecule has 7 heteroatoms. The van der Waals surface area contributed by atoms with Crippen LogP contribution in [0.1, 0.15) is 28.9 Å². The minimum Gasteiger partial charge on any atom is -0.487 e. The van der Waals surface area contributed by atoms with Gasteiger partial charge in [0, 0.05) is 29.0 Å². The molecule has 0 aliphatic carbocycles. The fraction of sp³-hybridized carbons (Fsp3) is 0.423. The second-order valence-electron chi connectivity index (χ2n) is 8.87. The Morgan fingerprint density at radius 1 is 0.879 bits per heavy atom. The fourth-order valence-electron chi connectivity index (χ4n) is 3.87. The lowest BCUT2D eigenvalue weighted by atomic mass is 10.1. The van der Waals surface area contributed by atoms with Gasteiger partial charge in [0.15, 0.2) is 0 Å². The van der Waals surface area contributed by atoms with Crippen molar-refractivity contribution in [2.24, 2.45) is 0 Å². The summed E-state index contributed by atoms with van der Waals surface area (Å²) in [5.74, 6) is 0.768. The van der Waals surface area contributed by atoms with Gasteiger partial charge in [0.1, 0.15) is 12.4 Å². The molecule has 0 aliphatic heterocycles.